The van der Waals surface area contributed by atoms with Crippen molar-refractivity contribution >= 4 is 17.5 Å². The first-order valence-corrected chi connectivity index (χ1v) is 10.5. The number of rotatable bonds is 4. The summed E-state index contributed by atoms with van der Waals surface area (Å²) in [5.74, 6) is 0.394. The molecule has 2 fully saturated rings. The highest BCUT2D eigenvalue weighted by Gasteiger charge is 2.26. The Morgan fingerprint density at radius 3 is 2.55 bits per heavy atom. The summed E-state index contributed by atoms with van der Waals surface area (Å²) in [7, 11) is 0. The van der Waals surface area contributed by atoms with Gasteiger partial charge in [0.2, 0.25) is 5.95 Å². The summed E-state index contributed by atoms with van der Waals surface area (Å²) in [4.78, 5) is 28.4. The van der Waals surface area contributed by atoms with Crippen molar-refractivity contribution in [3.63, 3.8) is 0 Å². The van der Waals surface area contributed by atoms with Crippen LogP contribution in [0.1, 0.15) is 43.1 Å². The van der Waals surface area contributed by atoms with E-state index in [2.05, 4.69) is 26.7 Å². The molecule has 29 heavy (non-hydrogen) atoms. The molecule has 2 saturated heterocycles. The molecule has 1 atom stereocenters. The summed E-state index contributed by atoms with van der Waals surface area (Å²) in [6.45, 7) is 5.83. The van der Waals surface area contributed by atoms with E-state index in [1.807, 2.05) is 4.90 Å². The molecule has 154 valence electrons. The predicted molar refractivity (Wildman–Crippen MR) is 112 cm³/mol. The third kappa shape index (κ3) is 4.33. The Morgan fingerprint density at radius 2 is 1.83 bits per heavy atom. The molecule has 1 aromatic heterocycles. The second-order valence-electron chi connectivity index (χ2n) is 7.75. The topological polar surface area (TPSA) is 52.6 Å². The number of hydrogen-bond acceptors (Lipinski definition) is 5. The van der Waals surface area contributed by atoms with E-state index in [-0.39, 0.29) is 11.7 Å². The van der Waals surface area contributed by atoms with Gasteiger partial charge in [0.1, 0.15) is 11.5 Å². The molecule has 4 rings (SSSR count). The van der Waals surface area contributed by atoms with Crippen LogP contribution in [0.4, 0.5) is 16.0 Å². The quantitative estimate of drug-likeness (QED) is 0.792. The molecule has 0 aliphatic carbocycles. The van der Waals surface area contributed by atoms with Gasteiger partial charge in [-0.2, -0.15) is 0 Å². The number of aromatic nitrogens is 2. The lowest BCUT2D eigenvalue weighted by Gasteiger charge is -2.36. The van der Waals surface area contributed by atoms with Crippen LogP contribution < -0.4 is 9.80 Å². The first-order valence-electron chi connectivity index (χ1n) is 10.5. The van der Waals surface area contributed by atoms with Gasteiger partial charge in [0.05, 0.1) is 0 Å². The van der Waals surface area contributed by atoms with Crippen molar-refractivity contribution in [3.05, 3.63) is 48.0 Å². The highest BCUT2D eigenvalue weighted by atomic mass is 19.1. The van der Waals surface area contributed by atoms with Gasteiger partial charge in [-0.25, -0.2) is 14.4 Å². The average Bonchev–Trinajstić information content (AvgIpc) is 2.79. The molecule has 3 heterocycles. The van der Waals surface area contributed by atoms with E-state index < -0.39 is 0 Å². The Bertz CT molecular complexity index is 835. The molecule has 1 unspecified atom stereocenters. The summed E-state index contributed by atoms with van der Waals surface area (Å²) in [5, 5.41) is 0. The van der Waals surface area contributed by atoms with Crippen LogP contribution >= 0.6 is 0 Å². The van der Waals surface area contributed by atoms with Crippen molar-refractivity contribution in [1.82, 2.24) is 14.9 Å². The fourth-order valence-corrected chi connectivity index (χ4v) is 4.28. The Balaban J connectivity index is 1.42. The van der Waals surface area contributed by atoms with Crippen molar-refractivity contribution in [2.24, 2.45) is 0 Å². The van der Waals surface area contributed by atoms with Gasteiger partial charge in [0.15, 0.2) is 0 Å². The second kappa shape index (κ2) is 8.76. The summed E-state index contributed by atoms with van der Waals surface area (Å²) in [6.07, 6.45) is 6.30. The molecule has 1 aromatic carbocycles. The summed E-state index contributed by atoms with van der Waals surface area (Å²) < 4.78 is 13.1. The van der Waals surface area contributed by atoms with Gasteiger partial charge >= 0.3 is 0 Å². The molecule has 1 amide bonds. The minimum Gasteiger partial charge on any atom is -0.368 e. The molecule has 2 aliphatic heterocycles. The van der Waals surface area contributed by atoms with E-state index in [0.29, 0.717) is 30.8 Å². The molecule has 0 spiro atoms. The van der Waals surface area contributed by atoms with Gasteiger partial charge in [-0.1, -0.05) is 6.92 Å². The number of piperazine rings is 1. The van der Waals surface area contributed by atoms with E-state index in [9.17, 15) is 9.18 Å². The van der Waals surface area contributed by atoms with Crippen LogP contribution in [0.15, 0.2) is 36.5 Å². The van der Waals surface area contributed by atoms with Crippen molar-refractivity contribution in [2.75, 3.05) is 42.5 Å². The smallest absolute Gasteiger partial charge is 0.272 e. The van der Waals surface area contributed by atoms with Gasteiger partial charge in [0.25, 0.3) is 5.91 Å². The van der Waals surface area contributed by atoms with Crippen molar-refractivity contribution in [3.8, 4) is 0 Å². The highest BCUT2D eigenvalue weighted by Crippen LogP contribution is 2.24. The molecular formula is C22H28FN5O. The first-order chi connectivity index (χ1) is 14.2. The van der Waals surface area contributed by atoms with Gasteiger partial charge in [-0.05, 0) is 56.0 Å². The van der Waals surface area contributed by atoms with E-state index in [1.54, 1.807) is 24.4 Å². The maximum absolute atomic E-state index is 13.1. The van der Waals surface area contributed by atoms with Crippen LogP contribution in [-0.4, -0.2) is 59.5 Å². The summed E-state index contributed by atoms with van der Waals surface area (Å²) >= 11 is 0. The van der Waals surface area contributed by atoms with Crippen molar-refractivity contribution in [1.29, 1.82) is 0 Å². The monoisotopic (exact) mass is 397 g/mol. The maximum atomic E-state index is 13.1. The second-order valence-corrected chi connectivity index (χ2v) is 7.75. The van der Waals surface area contributed by atoms with Crippen LogP contribution in [-0.2, 0) is 0 Å². The molecular weight excluding hydrogens is 369 g/mol. The molecule has 0 radical (unpaired) electrons. The van der Waals surface area contributed by atoms with Crippen LogP contribution in [0.3, 0.4) is 0 Å². The highest BCUT2D eigenvalue weighted by molar-refractivity contribution is 5.92. The Hall–Kier alpha value is -2.70. The predicted octanol–water partition coefficient (Wildman–Crippen LogP) is 3.35. The van der Waals surface area contributed by atoms with Gasteiger partial charge in [0, 0.05) is 50.6 Å². The number of carbonyl (C=O) groups excluding carboxylic acids is 1. The van der Waals surface area contributed by atoms with E-state index in [1.165, 1.54) is 18.6 Å². The number of benzene rings is 1. The van der Waals surface area contributed by atoms with Crippen LogP contribution in [0.25, 0.3) is 0 Å². The van der Waals surface area contributed by atoms with E-state index >= 15 is 0 Å². The minimum absolute atomic E-state index is 0.0440. The molecule has 0 saturated carbocycles. The van der Waals surface area contributed by atoms with Crippen molar-refractivity contribution < 1.29 is 9.18 Å². The summed E-state index contributed by atoms with van der Waals surface area (Å²) in [5.41, 5.74) is 1.45. The molecule has 2 aromatic rings. The third-order valence-electron chi connectivity index (χ3n) is 5.98. The zero-order valence-corrected chi connectivity index (χ0v) is 16.9. The molecule has 7 heteroatoms. The van der Waals surface area contributed by atoms with Gasteiger partial charge in [-0.15, -0.1) is 0 Å². The van der Waals surface area contributed by atoms with E-state index in [4.69, 9.17) is 0 Å². The van der Waals surface area contributed by atoms with Crippen molar-refractivity contribution in [2.45, 2.75) is 38.6 Å². The maximum Gasteiger partial charge on any atom is 0.272 e. The fraction of sp³-hybridized carbons (Fsp3) is 0.500. The summed E-state index contributed by atoms with van der Waals surface area (Å²) in [6, 6.07) is 8.67. The Labute approximate surface area is 171 Å². The molecule has 6 nitrogen and oxygen atoms in total. The zero-order valence-electron chi connectivity index (χ0n) is 16.9. The number of amides is 1. The normalized spacial score (nSPS) is 20.1. The van der Waals surface area contributed by atoms with Gasteiger partial charge < -0.3 is 14.7 Å². The lowest BCUT2D eigenvalue weighted by Crippen LogP contribution is -2.49. The lowest BCUT2D eigenvalue weighted by molar-refractivity contribution is 0.0740. The number of hydrogen-bond donors (Lipinski definition) is 0. The first kappa shape index (κ1) is 19.6. The van der Waals surface area contributed by atoms with Crippen LogP contribution in [0.2, 0.25) is 0 Å². The number of halogens is 1. The number of carbonyl (C=O) groups is 1. The largest absolute Gasteiger partial charge is 0.368 e. The number of anilines is 2. The van der Waals surface area contributed by atoms with E-state index in [0.717, 1.165) is 44.6 Å². The fourth-order valence-electron chi connectivity index (χ4n) is 4.28. The SMILES string of the molecule is CCC1CCCCN1c1nccc(C(=O)N2CCN(c3ccc(F)cc3)CC2)n1. The molecule has 0 N–H and O–H groups in total. The minimum atomic E-state index is -0.235. The zero-order chi connectivity index (χ0) is 20.2. The third-order valence-corrected chi connectivity index (χ3v) is 5.98. The number of piperidine rings is 1. The Kier molecular flexibility index (Phi) is 5.92. The average molecular weight is 397 g/mol. The van der Waals surface area contributed by atoms with Crippen LogP contribution in [0.5, 0.6) is 0 Å². The standard InChI is InChI=1S/C22H28FN5O/c1-2-18-5-3-4-12-28(18)22-24-11-10-20(25-22)21(29)27-15-13-26(14-16-27)19-8-6-17(23)7-9-19/h6-11,18H,2-5,12-16H2,1H3. The molecule has 0 bridgehead atoms. The van der Waals surface area contributed by atoms with Crippen LogP contribution in [0, 0.1) is 5.82 Å². The van der Waals surface area contributed by atoms with Gasteiger partial charge in [-0.3, -0.25) is 4.79 Å². The molecule has 2 aliphatic rings. The lowest BCUT2D eigenvalue weighted by atomic mass is 10.0. The number of nitrogens with zero attached hydrogens (tertiary/aromatic N) is 5. The Morgan fingerprint density at radius 1 is 1.07 bits per heavy atom.